The van der Waals surface area contributed by atoms with Gasteiger partial charge in [0.2, 0.25) is 5.91 Å². The molecular weight excluding hydrogens is 531 g/mol. The number of nitrogens with zero attached hydrogens (tertiary/aromatic N) is 1. The van der Waals surface area contributed by atoms with Crippen LogP contribution >= 0.6 is 34.4 Å². The Labute approximate surface area is 197 Å². The summed E-state index contributed by atoms with van der Waals surface area (Å²) in [7, 11) is 1.52. The number of halogens is 1. The Morgan fingerprint density at radius 2 is 2.00 bits per heavy atom. The first-order chi connectivity index (χ1) is 14.9. The highest BCUT2D eigenvalue weighted by Gasteiger charge is 2.36. The summed E-state index contributed by atoms with van der Waals surface area (Å²) < 4.78 is 11.8. The van der Waals surface area contributed by atoms with E-state index in [0.717, 1.165) is 20.2 Å². The van der Waals surface area contributed by atoms with E-state index in [1.54, 1.807) is 42.5 Å². The Hall–Kier alpha value is -2.79. The topological polar surface area (TPSA) is 84.9 Å². The molecular formula is C22H19IN2O5S. The predicted molar refractivity (Wildman–Crippen MR) is 129 cm³/mol. The average Bonchev–Trinajstić information content (AvgIpc) is 3.00. The normalized spacial score (nSPS) is 14.6. The van der Waals surface area contributed by atoms with Crippen LogP contribution in [-0.2, 0) is 9.59 Å². The third-order valence-corrected chi connectivity index (χ3v) is 5.84. The van der Waals surface area contributed by atoms with Gasteiger partial charge in [0, 0.05) is 5.69 Å². The fourth-order valence-corrected chi connectivity index (χ4v) is 4.38. The van der Waals surface area contributed by atoms with E-state index in [4.69, 9.17) is 9.47 Å². The molecule has 0 atom stereocenters. The highest BCUT2D eigenvalue weighted by atomic mass is 127. The van der Waals surface area contributed by atoms with Gasteiger partial charge in [-0.1, -0.05) is 30.9 Å². The van der Waals surface area contributed by atoms with Crippen molar-refractivity contribution < 1.29 is 23.9 Å². The molecule has 0 aliphatic carbocycles. The van der Waals surface area contributed by atoms with E-state index < -0.39 is 17.1 Å². The van der Waals surface area contributed by atoms with E-state index in [1.165, 1.54) is 7.11 Å². The van der Waals surface area contributed by atoms with Gasteiger partial charge in [0.1, 0.15) is 13.2 Å². The number of thioether (sulfide) groups is 1. The van der Waals surface area contributed by atoms with Gasteiger partial charge in [0.15, 0.2) is 11.5 Å². The van der Waals surface area contributed by atoms with Gasteiger partial charge in [-0.05, 0) is 70.3 Å². The number of hydrogen-bond donors (Lipinski definition) is 1. The number of benzene rings is 2. The van der Waals surface area contributed by atoms with Crippen LogP contribution in [0.3, 0.4) is 0 Å². The van der Waals surface area contributed by atoms with Gasteiger partial charge in [0.25, 0.3) is 11.1 Å². The maximum atomic E-state index is 12.7. The molecule has 2 aromatic carbocycles. The smallest absolute Gasteiger partial charge is 0.294 e. The molecule has 3 rings (SSSR count). The molecule has 0 spiro atoms. The van der Waals surface area contributed by atoms with Crippen LogP contribution in [0.5, 0.6) is 11.5 Å². The maximum absolute atomic E-state index is 12.7. The fourth-order valence-electron chi connectivity index (χ4n) is 2.76. The van der Waals surface area contributed by atoms with Gasteiger partial charge in [-0.2, -0.15) is 0 Å². The second-order valence-electron chi connectivity index (χ2n) is 6.32. The van der Waals surface area contributed by atoms with Gasteiger partial charge < -0.3 is 14.8 Å². The number of rotatable bonds is 8. The first-order valence-corrected chi connectivity index (χ1v) is 11.0. The molecule has 7 nitrogen and oxygen atoms in total. The molecule has 0 unspecified atom stereocenters. The van der Waals surface area contributed by atoms with Crippen molar-refractivity contribution in [1.29, 1.82) is 0 Å². The lowest BCUT2D eigenvalue weighted by molar-refractivity contribution is -0.127. The highest BCUT2D eigenvalue weighted by Crippen LogP contribution is 2.37. The first-order valence-electron chi connectivity index (χ1n) is 9.14. The summed E-state index contributed by atoms with van der Waals surface area (Å²) in [4.78, 5) is 38.5. The molecule has 1 aliphatic heterocycles. The van der Waals surface area contributed by atoms with E-state index in [2.05, 4.69) is 34.5 Å². The molecule has 31 heavy (non-hydrogen) atoms. The number of carbonyl (C=O) groups is 3. The molecule has 1 aliphatic rings. The number of nitrogens with one attached hydrogen (secondary N) is 1. The Bertz CT molecular complexity index is 1060. The quantitative estimate of drug-likeness (QED) is 0.295. The number of amides is 3. The lowest BCUT2D eigenvalue weighted by Crippen LogP contribution is -2.36. The molecule has 1 N–H and O–H groups in total. The van der Waals surface area contributed by atoms with Gasteiger partial charge in [0.05, 0.1) is 15.6 Å². The largest absolute Gasteiger partial charge is 0.493 e. The summed E-state index contributed by atoms with van der Waals surface area (Å²) in [5, 5.41) is 2.17. The van der Waals surface area contributed by atoms with Crippen molar-refractivity contribution in [2.24, 2.45) is 0 Å². The molecule has 0 saturated carbocycles. The molecule has 1 fully saturated rings. The molecule has 0 aromatic heterocycles. The van der Waals surface area contributed by atoms with E-state index >= 15 is 0 Å². The third kappa shape index (κ3) is 5.67. The maximum Gasteiger partial charge on any atom is 0.294 e. The first kappa shape index (κ1) is 22.9. The third-order valence-electron chi connectivity index (χ3n) is 4.13. The zero-order chi connectivity index (χ0) is 22.4. The number of carbonyl (C=O) groups excluding carboxylic acids is 3. The number of hydrogen-bond acceptors (Lipinski definition) is 6. The lowest BCUT2D eigenvalue weighted by atomic mass is 10.2. The molecule has 2 aromatic rings. The molecule has 160 valence electrons. The van der Waals surface area contributed by atoms with Crippen molar-refractivity contribution in [2.45, 2.75) is 0 Å². The van der Waals surface area contributed by atoms with E-state index in [9.17, 15) is 14.4 Å². The molecule has 3 amide bonds. The van der Waals surface area contributed by atoms with Crippen LogP contribution in [0, 0.1) is 3.57 Å². The highest BCUT2D eigenvalue weighted by molar-refractivity contribution is 14.1. The second-order valence-corrected chi connectivity index (χ2v) is 8.47. The Morgan fingerprint density at radius 1 is 1.26 bits per heavy atom. The Morgan fingerprint density at radius 3 is 2.68 bits per heavy atom. The summed E-state index contributed by atoms with van der Waals surface area (Å²) in [5.41, 5.74) is 1.27. The van der Waals surface area contributed by atoms with Crippen molar-refractivity contribution in [1.82, 2.24) is 4.90 Å². The Balaban J connectivity index is 1.76. The van der Waals surface area contributed by atoms with Gasteiger partial charge >= 0.3 is 0 Å². The van der Waals surface area contributed by atoms with Crippen molar-refractivity contribution in [3.05, 3.63) is 69.2 Å². The van der Waals surface area contributed by atoms with Crippen molar-refractivity contribution in [2.75, 3.05) is 25.6 Å². The van der Waals surface area contributed by atoms with Crippen LogP contribution < -0.4 is 14.8 Å². The zero-order valence-electron chi connectivity index (χ0n) is 16.6. The van der Waals surface area contributed by atoms with Crippen LogP contribution in [0.25, 0.3) is 6.08 Å². The van der Waals surface area contributed by atoms with Crippen molar-refractivity contribution in [3.63, 3.8) is 0 Å². The number of methoxy groups -OCH3 is 1. The number of para-hydroxylation sites is 1. The Kier molecular flexibility index (Phi) is 7.75. The van der Waals surface area contributed by atoms with Crippen molar-refractivity contribution in [3.8, 4) is 11.5 Å². The predicted octanol–water partition coefficient (Wildman–Crippen LogP) is 4.54. The SMILES string of the molecule is C=CCOc1c(I)cc(/C=C2\SC(=O)N(CC(=O)Nc3ccccc3)C2=O)cc1OC. The minimum atomic E-state index is -0.515. The molecule has 0 radical (unpaired) electrons. The minimum Gasteiger partial charge on any atom is -0.493 e. The summed E-state index contributed by atoms with van der Waals surface area (Å²) in [6.45, 7) is 3.60. The van der Waals surface area contributed by atoms with Gasteiger partial charge in [-0.25, -0.2) is 0 Å². The van der Waals surface area contributed by atoms with E-state index in [0.29, 0.717) is 29.4 Å². The summed E-state index contributed by atoms with van der Waals surface area (Å²) in [6.07, 6.45) is 3.23. The van der Waals surface area contributed by atoms with E-state index in [-0.39, 0.29) is 11.4 Å². The molecule has 9 heteroatoms. The van der Waals surface area contributed by atoms with Crippen LogP contribution in [0.2, 0.25) is 0 Å². The number of imide groups is 1. The number of anilines is 1. The summed E-state index contributed by atoms with van der Waals surface area (Å²) >= 11 is 2.90. The number of ether oxygens (including phenoxy) is 2. The lowest BCUT2D eigenvalue weighted by Gasteiger charge is -2.13. The minimum absolute atomic E-state index is 0.232. The van der Waals surface area contributed by atoms with Gasteiger partial charge in [-0.3, -0.25) is 19.3 Å². The van der Waals surface area contributed by atoms with Gasteiger partial charge in [-0.15, -0.1) is 0 Å². The van der Waals surface area contributed by atoms with E-state index in [1.807, 2.05) is 12.1 Å². The summed E-state index contributed by atoms with van der Waals surface area (Å²) in [5.74, 6) is 0.112. The standard InChI is InChI=1S/C22H19IN2O5S/c1-3-9-30-20-16(23)10-14(11-17(20)29-2)12-18-21(27)25(22(28)31-18)13-19(26)24-15-7-5-4-6-8-15/h3-8,10-12H,1,9,13H2,2H3,(H,24,26)/b18-12-. The monoisotopic (exact) mass is 550 g/mol. The molecule has 1 heterocycles. The second kappa shape index (κ2) is 10.5. The van der Waals surface area contributed by atoms with Crippen molar-refractivity contribution >= 4 is 63.2 Å². The zero-order valence-corrected chi connectivity index (χ0v) is 19.6. The van der Waals surface area contributed by atoms with Crippen LogP contribution in [0.1, 0.15) is 5.56 Å². The van der Waals surface area contributed by atoms with Crippen LogP contribution in [0.4, 0.5) is 10.5 Å². The van der Waals surface area contributed by atoms with Crippen LogP contribution in [0.15, 0.2) is 60.0 Å². The fraction of sp³-hybridized carbons (Fsp3) is 0.136. The summed E-state index contributed by atoms with van der Waals surface area (Å²) in [6, 6.07) is 12.4. The average molecular weight is 550 g/mol. The molecule has 1 saturated heterocycles. The molecule has 0 bridgehead atoms. The van der Waals surface area contributed by atoms with Crippen LogP contribution in [-0.4, -0.2) is 42.2 Å².